The molecule has 2 N–H and O–H groups in total. The highest BCUT2D eigenvalue weighted by Crippen LogP contribution is 2.39. The van der Waals surface area contributed by atoms with Crippen LogP contribution >= 0.6 is 0 Å². The van der Waals surface area contributed by atoms with Crippen LogP contribution in [-0.4, -0.2) is 0 Å². The lowest BCUT2D eigenvalue weighted by molar-refractivity contribution is 0.418. The highest BCUT2D eigenvalue weighted by atomic mass is 19.1. The highest BCUT2D eigenvalue weighted by Gasteiger charge is 2.36. The first kappa shape index (κ1) is 12.3. The molecule has 0 saturated heterocycles. The zero-order chi connectivity index (χ0) is 13.5. The quantitative estimate of drug-likeness (QED) is 0.833. The van der Waals surface area contributed by atoms with E-state index >= 15 is 0 Å². The number of hydrogen-bond donors (Lipinski definition) is 1. The van der Waals surface area contributed by atoms with Crippen molar-refractivity contribution in [1.82, 2.24) is 0 Å². The second-order valence-corrected chi connectivity index (χ2v) is 5.11. The van der Waals surface area contributed by atoms with Gasteiger partial charge in [-0.25, -0.2) is 8.78 Å². The molecule has 98 valence electrons. The van der Waals surface area contributed by atoms with Gasteiger partial charge in [0.15, 0.2) is 0 Å². The molecule has 1 aliphatic carbocycles. The summed E-state index contributed by atoms with van der Waals surface area (Å²) in [6.45, 7) is 0. The van der Waals surface area contributed by atoms with E-state index in [0.29, 0.717) is 6.42 Å². The van der Waals surface area contributed by atoms with Crippen LogP contribution in [0.25, 0.3) is 0 Å². The lowest BCUT2D eigenvalue weighted by Gasteiger charge is -2.36. The van der Waals surface area contributed by atoms with Crippen molar-refractivity contribution in [1.29, 1.82) is 0 Å². The van der Waals surface area contributed by atoms with Gasteiger partial charge in [-0.05, 0) is 48.6 Å². The molecule has 1 atom stereocenters. The minimum absolute atomic E-state index is 0.250. The van der Waals surface area contributed by atoms with Gasteiger partial charge in [-0.2, -0.15) is 0 Å². The lowest BCUT2D eigenvalue weighted by atomic mass is 9.73. The molecule has 0 spiro atoms. The summed E-state index contributed by atoms with van der Waals surface area (Å²) in [6, 6.07) is 11.3. The minimum atomic E-state index is -0.930. The van der Waals surface area contributed by atoms with Gasteiger partial charge < -0.3 is 5.73 Å². The molecule has 0 aliphatic heterocycles. The average molecular weight is 259 g/mol. The summed E-state index contributed by atoms with van der Waals surface area (Å²) in [5.41, 5.74) is 7.81. The van der Waals surface area contributed by atoms with Gasteiger partial charge in [-0.3, -0.25) is 0 Å². The molecule has 1 nitrogen and oxygen atoms in total. The molecule has 2 aromatic carbocycles. The molecule has 19 heavy (non-hydrogen) atoms. The molecule has 0 amide bonds. The van der Waals surface area contributed by atoms with Crippen LogP contribution in [0.2, 0.25) is 0 Å². The van der Waals surface area contributed by atoms with Gasteiger partial charge in [0.05, 0.1) is 5.54 Å². The van der Waals surface area contributed by atoms with Crippen LogP contribution in [0, 0.1) is 11.6 Å². The largest absolute Gasteiger partial charge is 0.318 e. The average Bonchev–Trinajstić information content (AvgIpc) is 2.42. The van der Waals surface area contributed by atoms with E-state index in [2.05, 4.69) is 0 Å². The molecule has 0 fully saturated rings. The number of halogens is 2. The summed E-state index contributed by atoms with van der Waals surface area (Å²) in [5, 5.41) is 0. The zero-order valence-corrected chi connectivity index (χ0v) is 10.5. The van der Waals surface area contributed by atoms with Gasteiger partial charge >= 0.3 is 0 Å². The maximum Gasteiger partial charge on any atom is 0.128 e. The maximum atomic E-state index is 14.0. The Balaban J connectivity index is 2.21. The second-order valence-electron chi connectivity index (χ2n) is 5.11. The van der Waals surface area contributed by atoms with Crippen molar-refractivity contribution in [3.05, 3.63) is 70.8 Å². The van der Waals surface area contributed by atoms with E-state index in [9.17, 15) is 8.78 Å². The Bertz CT molecular complexity index is 624. The topological polar surface area (TPSA) is 26.0 Å². The van der Waals surface area contributed by atoms with Crippen LogP contribution in [0.15, 0.2) is 42.5 Å². The van der Waals surface area contributed by atoms with E-state index in [1.807, 2.05) is 24.3 Å². The second kappa shape index (κ2) is 4.42. The molecule has 3 rings (SSSR count). The smallest absolute Gasteiger partial charge is 0.128 e. The Hall–Kier alpha value is -1.74. The molecule has 2 aromatic rings. The monoisotopic (exact) mass is 259 g/mol. The highest BCUT2D eigenvalue weighted by molar-refractivity contribution is 5.45. The van der Waals surface area contributed by atoms with Crippen LogP contribution in [-0.2, 0) is 12.0 Å². The summed E-state index contributed by atoms with van der Waals surface area (Å²) in [6.07, 6.45) is 2.44. The predicted octanol–water partition coefficient (Wildman–Crippen LogP) is 3.50. The standard InChI is InChI=1S/C16H15F2N/c17-12-7-8-15(18)14(10-12)16(19)9-3-5-11-4-1-2-6-13(11)16/h1-2,4,6-8,10H,3,5,9,19H2. The Morgan fingerprint density at radius 2 is 1.79 bits per heavy atom. The van der Waals surface area contributed by atoms with E-state index in [1.54, 1.807) is 0 Å². The van der Waals surface area contributed by atoms with Crippen LogP contribution < -0.4 is 5.73 Å². The van der Waals surface area contributed by atoms with Gasteiger partial charge in [0.1, 0.15) is 11.6 Å². The van der Waals surface area contributed by atoms with Gasteiger partial charge in [-0.1, -0.05) is 24.3 Å². The molecular weight excluding hydrogens is 244 g/mol. The molecule has 1 aliphatic rings. The molecule has 0 saturated carbocycles. The van der Waals surface area contributed by atoms with E-state index in [4.69, 9.17) is 5.73 Å². The number of nitrogens with two attached hydrogens (primary N) is 1. The normalized spacial score (nSPS) is 22.1. The van der Waals surface area contributed by atoms with Gasteiger partial charge in [0.2, 0.25) is 0 Å². The first-order valence-electron chi connectivity index (χ1n) is 6.44. The first-order valence-corrected chi connectivity index (χ1v) is 6.44. The fourth-order valence-corrected chi connectivity index (χ4v) is 2.98. The van der Waals surface area contributed by atoms with Crippen molar-refractivity contribution in [2.75, 3.05) is 0 Å². The Kier molecular flexibility index (Phi) is 2.86. The van der Waals surface area contributed by atoms with Crippen molar-refractivity contribution in [2.45, 2.75) is 24.8 Å². The van der Waals surface area contributed by atoms with Crippen LogP contribution in [0.3, 0.4) is 0 Å². The third-order valence-electron chi connectivity index (χ3n) is 3.92. The third kappa shape index (κ3) is 1.94. The molecular formula is C16H15F2N. The molecule has 1 unspecified atom stereocenters. The summed E-state index contributed by atoms with van der Waals surface area (Å²) in [7, 11) is 0. The molecule has 3 heteroatoms. The first-order chi connectivity index (χ1) is 9.11. The Morgan fingerprint density at radius 1 is 1.00 bits per heavy atom. The fraction of sp³-hybridized carbons (Fsp3) is 0.250. The van der Waals surface area contributed by atoms with Crippen LogP contribution in [0.1, 0.15) is 29.5 Å². The van der Waals surface area contributed by atoms with Crippen LogP contribution in [0.4, 0.5) is 8.78 Å². The van der Waals surface area contributed by atoms with Gasteiger partial charge in [-0.15, -0.1) is 0 Å². The number of benzene rings is 2. The fourth-order valence-electron chi connectivity index (χ4n) is 2.98. The van der Waals surface area contributed by atoms with Crippen molar-refractivity contribution < 1.29 is 8.78 Å². The Morgan fingerprint density at radius 3 is 2.63 bits per heavy atom. The lowest BCUT2D eigenvalue weighted by Crippen LogP contribution is -2.42. The Labute approximate surface area is 111 Å². The maximum absolute atomic E-state index is 14.0. The summed E-state index contributed by atoms with van der Waals surface area (Å²) in [4.78, 5) is 0. The van der Waals surface area contributed by atoms with E-state index in [-0.39, 0.29) is 5.56 Å². The SMILES string of the molecule is NC1(c2cc(F)ccc2F)CCCc2ccccc21. The number of fused-ring (bicyclic) bond motifs is 1. The molecule has 0 heterocycles. The van der Waals surface area contributed by atoms with Crippen molar-refractivity contribution in [2.24, 2.45) is 5.73 Å². The zero-order valence-electron chi connectivity index (χ0n) is 10.5. The predicted molar refractivity (Wildman–Crippen MR) is 70.7 cm³/mol. The van der Waals surface area contributed by atoms with Gasteiger partial charge in [0, 0.05) is 5.56 Å². The minimum Gasteiger partial charge on any atom is -0.318 e. The summed E-state index contributed by atoms with van der Waals surface area (Å²) < 4.78 is 27.5. The van der Waals surface area contributed by atoms with E-state index in [1.165, 1.54) is 6.07 Å². The summed E-state index contributed by atoms with van der Waals surface area (Å²) >= 11 is 0. The summed E-state index contributed by atoms with van der Waals surface area (Å²) in [5.74, 6) is -0.898. The number of hydrogen-bond acceptors (Lipinski definition) is 1. The van der Waals surface area contributed by atoms with Crippen molar-refractivity contribution in [3.8, 4) is 0 Å². The van der Waals surface area contributed by atoms with Crippen molar-refractivity contribution in [3.63, 3.8) is 0 Å². The third-order valence-corrected chi connectivity index (χ3v) is 3.92. The van der Waals surface area contributed by atoms with Crippen molar-refractivity contribution >= 4 is 0 Å². The van der Waals surface area contributed by atoms with Crippen LogP contribution in [0.5, 0.6) is 0 Å². The van der Waals surface area contributed by atoms with E-state index in [0.717, 1.165) is 36.1 Å². The van der Waals surface area contributed by atoms with Gasteiger partial charge in [0.25, 0.3) is 0 Å². The van der Waals surface area contributed by atoms with E-state index < -0.39 is 17.2 Å². The molecule has 0 aromatic heterocycles. The molecule has 0 radical (unpaired) electrons. The number of rotatable bonds is 1. The molecule has 0 bridgehead atoms. The number of aryl methyl sites for hydroxylation is 1.